The van der Waals surface area contributed by atoms with E-state index in [4.69, 9.17) is 19.2 Å². The van der Waals surface area contributed by atoms with Crippen molar-refractivity contribution in [1.82, 2.24) is 0 Å². The van der Waals surface area contributed by atoms with E-state index in [0.29, 0.717) is 0 Å². The van der Waals surface area contributed by atoms with Gasteiger partial charge in [0.1, 0.15) is 0 Å². The molecule has 0 heterocycles. The second kappa shape index (κ2) is 10.9. The summed E-state index contributed by atoms with van der Waals surface area (Å²) in [5, 5.41) is 3.28. The van der Waals surface area contributed by atoms with Crippen LogP contribution in [0.15, 0.2) is 35.4 Å². The standard InChI is InChI=1S/C17H25N3O6S/c1-17(2,13-26-27(22,23)11-7-10-19-20-18)15(16(21)24-3)25-12-14-8-5-4-6-9-14/h4-6,8-9,15H,7,10-13H2,1-3H3/t15-/m0/s1. The Morgan fingerprint density at radius 1 is 1.30 bits per heavy atom. The van der Waals surface area contributed by atoms with Gasteiger partial charge in [-0.1, -0.05) is 49.3 Å². The van der Waals surface area contributed by atoms with Crippen LogP contribution in [0.3, 0.4) is 0 Å². The number of carbonyl (C=O) groups excluding carboxylic acids is 1. The number of carbonyl (C=O) groups is 1. The molecule has 0 unspecified atom stereocenters. The van der Waals surface area contributed by atoms with Crippen LogP contribution in [0.4, 0.5) is 0 Å². The third-order valence-electron chi connectivity index (χ3n) is 3.71. The molecule has 10 heteroatoms. The zero-order chi connectivity index (χ0) is 20.3. The van der Waals surface area contributed by atoms with Crippen LogP contribution in [0, 0.1) is 5.41 Å². The average molecular weight is 399 g/mol. The van der Waals surface area contributed by atoms with E-state index in [1.54, 1.807) is 13.8 Å². The first kappa shape index (κ1) is 22.9. The highest BCUT2D eigenvalue weighted by atomic mass is 32.2. The number of methoxy groups -OCH3 is 1. The van der Waals surface area contributed by atoms with Gasteiger partial charge in [-0.3, -0.25) is 4.18 Å². The van der Waals surface area contributed by atoms with E-state index in [1.165, 1.54) is 7.11 Å². The van der Waals surface area contributed by atoms with Crippen LogP contribution in [0.1, 0.15) is 25.8 Å². The Balaban J connectivity index is 2.72. The Labute approximate surface area is 159 Å². The zero-order valence-corrected chi connectivity index (χ0v) is 16.5. The number of nitrogens with zero attached hydrogens (tertiary/aromatic N) is 3. The topological polar surface area (TPSA) is 128 Å². The summed E-state index contributed by atoms with van der Waals surface area (Å²) < 4.78 is 39.5. The molecule has 27 heavy (non-hydrogen) atoms. The highest BCUT2D eigenvalue weighted by molar-refractivity contribution is 7.86. The maximum absolute atomic E-state index is 12.1. The second-order valence-corrected chi connectivity index (χ2v) is 8.28. The van der Waals surface area contributed by atoms with Gasteiger partial charge in [-0.25, -0.2) is 4.79 Å². The molecular weight excluding hydrogens is 374 g/mol. The molecule has 1 rings (SSSR count). The number of hydrogen-bond donors (Lipinski definition) is 0. The lowest BCUT2D eigenvalue weighted by atomic mass is 9.87. The highest BCUT2D eigenvalue weighted by Crippen LogP contribution is 2.27. The predicted octanol–water partition coefficient (Wildman–Crippen LogP) is 2.82. The first-order valence-corrected chi connectivity index (χ1v) is 9.91. The number of ether oxygens (including phenoxy) is 2. The number of benzene rings is 1. The number of rotatable bonds is 12. The third kappa shape index (κ3) is 8.40. The molecule has 1 aromatic rings. The monoisotopic (exact) mass is 399 g/mol. The van der Waals surface area contributed by atoms with E-state index in [1.807, 2.05) is 30.3 Å². The normalized spacial score (nSPS) is 12.9. The first-order chi connectivity index (χ1) is 12.7. The van der Waals surface area contributed by atoms with Crippen molar-refractivity contribution in [2.24, 2.45) is 10.5 Å². The molecule has 0 bridgehead atoms. The Morgan fingerprint density at radius 3 is 2.56 bits per heavy atom. The Hall–Kier alpha value is -2.13. The molecule has 0 saturated heterocycles. The van der Waals surface area contributed by atoms with E-state index in [-0.39, 0.29) is 31.9 Å². The fourth-order valence-corrected chi connectivity index (χ4v) is 3.29. The van der Waals surface area contributed by atoms with Gasteiger partial charge in [0.15, 0.2) is 6.10 Å². The molecule has 0 aliphatic rings. The minimum atomic E-state index is -3.82. The van der Waals surface area contributed by atoms with Gasteiger partial charge in [0, 0.05) is 16.9 Å². The van der Waals surface area contributed by atoms with Crippen LogP contribution >= 0.6 is 0 Å². The third-order valence-corrected chi connectivity index (χ3v) is 4.98. The number of esters is 1. The number of hydrogen-bond acceptors (Lipinski definition) is 7. The van der Waals surface area contributed by atoms with Gasteiger partial charge < -0.3 is 9.47 Å². The summed E-state index contributed by atoms with van der Waals surface area (Å²) in [5.74, 6) is -0.893. The molecule has 0 aliphatic heterocycles. The molecule has 0 spiro atoms. The van der Waals surface area contributed by atoms with Gasteiger partial charge in [0.05, 0.1) is 26.1 Å². The van der Waals surface area contributed by atoms with Crippen molar-refractivity contribution in [2.75, 3.05) is 26.0 Å². The van der Waals surface area contributed by atoms with Crippen molar-refractivity contribution in [1.29, 1.82) is 0 Å². The molecule has 0 amide bonds. The largest absolute Gasteiger partial charge is 0.467 e. The molecule has 150 valence electrons. The maximum atomic E-state index is 12.1. The summed E-state index contributed by atoms with van der Waals surface area (Å²) in [5.41, 5.74) is 8.11. The SMILES string of the molecule is COC(=O)[C@H](OCc1ccccc1)C(C)(C)COS(=O)(=O)CCCN=[N+]=[N-]. The minimum absolute atomic E-state index is 0.0630. The lowest BCUT2D eigenvalue weighted by Crippen LogP contribution is -2.43. The Kier molecular flexibility index (Phi) is 9.23. The van der Waals surface area contributed by atoms with Gasteiger partial charge >= 0.3 is 5.97 Å². The van der Waals surface area contributed by atoms with Crippen molar-refractivity contribution < 1.29 is 26.9 Å². The van der Waals surface area contributed by atoms with Gasteiger partial charge in [0.2, 0.25) is 0 Å². The maximum Gasteiger partial charge on any atom is 0.335 e. The van der Waals surface area contributed by atoms with Crippen LogP contribution in [0.25, 0.3) is 10.4 Å². The van der Waals surface area contributed by atoms with Crippen LogP contribution in [0.5, 0.6) is 0 Å². The van der Waals surface area contributed by atoms with E-state index >= 15 is 0 Å². The predicted molar refractivity (Wildman–Crippen MR) is 99.2 cm³/mol. The summed E-state index contributed by atoms with van der Waals surface area (Å²) in [7, 11) is -2.58. The lowest BCUT2D eigenvalue weighted by molar-refractivity contribution is -0.165. The fraction of sp³-hybridized carbons (Fsp3) is 0.588. The summed E-state index contributed by atoms with van der Waals surface area (Å²) in [4.78, 5) is 14.7. The molecule has 1 atom stereocenters. The molecule has 0 aliphatic carbocycles. The van der Waals surface area contributed by atoms with Crippen LogP contribution < -0.4 is 0 Å². The van der Waals surface area contributed by atoms with E-state index < -0.39 is 27.6 Å². The van der Waals surface area contributed by atoms with E-state index in [2.05, 4.69) is 10.0 Å². The van der Waals surface area contributed by atoms with Gasteiger partial charge in [-0.05, 0) is 17.5 Å². The molecule has 0 N–H and O–H groups in total. The van der Waals surface area contributed by atoms with E-state index in [9.17, 15) is 13.2 Å². The molecule has 0 radical (unpaired) electrons. The van der Waals surface area contributed by atoms with Crippen LogP contribution in [-0.4, -0.2) is 46.5 Å². The zero-order valence-electron chi connectivity index (χ0n) is 15.7. The molecule has 9 nitrogen and oxygen atoms in total. The van der Waals surface area contributed by atoms with Gasteiger partial charge in [-0.15, -0.1) is 0 Å². The minimum Gasteiger partial charge on any atom is -0.467 e. The second-order valence-electron chi connectivity index (χ2n) is 6.52. The summed E-state index contributed by atoms with van der Waals surface area (Å²) >= 11 is 0. The number of azide groups is 1. The summed E-state index contributed by atoms with van der Waals surface area (Å²) in [6.07, 6.45) is -0.862. The molecule has 1 aromatic carbocycles. The molecule has 0 aromatic heterocycles. The molecule has 0 fully saturated rings. The van der Waals surface area contributed by atoms with Crippen molar-refractivity contribution >= 4 is 16.1 Å². The van der Waals surface area contributed by atoms with Crippen molar-refractivity contribution in [3.8, 4) is 0 Å². The van der Waals surface area contributed by atoms with Crippen LogP contribution in [0.2, 0.25) is 0 Å². The van der Waals surface area contributed by atoms with Crippen molar-refractivity contribution in [2.45, 2.75) is 33.0 Å². The fourth-order valence-electron chi connectivity index (χ4n) is 2.21. The average Bonchev–Trinajstić information content (AvgIpc) is 2.64. The smallest absolute Gasteiger partial charge is 0.335 e. The Morgan fingerprint density at radius 2 is 1.96 bits per heavy atom. The molecular formula is C17H25N3O6S. The van der Waals surface area contributed by atoms with E-state index in [0.717, 1.165) is 5.56 Å². The quantitative estimate of drug-likeness (QED) is 0.133. The highest BCUT2D eigenvalue weighted by Gasteiger charge is 2.38. The van der Waals surface area contributed by atoms with Gasteiger partial charge in [0.25, 0.3) is 10.1 Å². The van der Waals surface area contributed by atoms with Crippen LogP contribution in [-0.2, 0) is 35.2 Å². The van der Waals surface area contributed by atoms with Crippen molar-refractivity contribution in [3.63, 3.8) is 0 Å². The van der Waals surface area contributed by atoms with Crippen molar-refractivity contribution in [3.05, 3.63) is 46.3 Å². The first-order valence-electron chi connectivity index (χ1n) is 8.33. The Bertz CT molecular complexity index is 745. The lowest BCUT2D eigenvalue weighted by Gasteiger charge is -2.31. The molecule has 0 saturated carbocycles. The van der Waals surface area contributed by atoms with Gasteiger partial charge in [-0.2, -0.15) is 8.42 Å². The summed E-state index contributed by atoms with van der Waals surface area (Å²) in [6, 6.07) is 9.27. The summed E-state index contributed by atoms with van der Waals surface area (Å²) in [6.45, 7) is 3.30.